The number of carbonyl (C=O) groups excluding carboxylic acids is 1. The van der Waals surface area contributed by atoms with Crippen molar-refractivity contribution in [3.05, 3.63) is 11.6 Å². The first kappa shape index (κ1) is 70.9. The van der Waals surface area contributed by atoms with Crippen LogP contribution in [0.3, 0.4) is 0 Å². The minimum Gasteiger partial charge on any atom is -0.479 e. The maximum Gasteiger partial charge on any atom is 0.335 e. The van der Waals surface area contributed by atoms with Crippen LogP contribution in [0.4, 0.5) is 0 Å². The monoisotopic (exact) mass is 1320 g/mol. The van der Waals surface area contributed by atoms with Gasteiger partial charge in [0.1, 0.15) is 103 Å². The molecule has 92 heavy (non-hydrogen) atoms. The number of ether oxygens (including phenoxy) is 12. The first-order valence-electron chi connectivity index (χ1n) is 32.4. The summed E-state index contributed by atoms with van der Waals surface area (Å²) in [4.78, 5) is 27.7. The van der Waals surface area contributed by atoms with Crippen molar-refractivity contribution in [1.29, 1.82) is 0 Å². The Kier molecular flexibility index (Phi) is 19.8. The molecule has 5 aliphatic carbocycles. The van der Waals surface area contributed by atoms with Gasteiger partial charge in [-0.15, -0.1) is 0 Å². The molecule has 526 valence electrons. The molecule has 30 heteroatoms. The van der Waals surface area contributed by atoms with Crippen LogP contribution in [0.25, 0.3) is 0 Å². The molecule has 34 atom stereocenters. The van der Waals surface area contributed by atoms with E-state index in [4.69, 9.17) is 56.8 Å². The predicted molar refractivity (Wildman–Crippen MR) is 305 cm³/mol. The molecule has 6 heterocycles. The van der Waals surface area contributed by atoms with Gasteiger partial charge in [0.15, 0.2) is 43.7 Å². The van der Waals surface area contributed by atoms with Crippen LogP contribution in [-0.2, 0) is 66.4 Å². The Morgan fingerprint density at radius 3 is 1.82 bits per heavy atom. The van der Waals surface area contributed by atoms with Crippen molar-refractivity contribution in [3.8, 4) is 0 Å². The third-order valence-electron chi connectivity index (χ3n) is 24.1. The minimum absolute atomic E-state index is 0.0385. The van der Waals surface area contributed by atoms with Crippen molar-refractivity contribution < 1.29 is 148 Å². The van der Waals surface area contributed by atoms with Crippen LogP contribution in [0.1, 0.15) is 113 Å². The fourth-order valence-electron chi connectivity index (χ4n) is 18.4. The molecule has 0 unspecified atom stereocenters. The van der Waals surface area contributed by atoms with Crippen molar-refractivity contribution in [3.63, 3.8) is 0 Å². The molecule has 4 saturated carbocycles. The molecule has 0 aromatic rings. The van der Waals surface area contributed by atoms with E-state index >= 15 is 4.79 Å². The van der Waals surface area contributed by atoms with E-state index in [2.05, 4.69) is 54.5 Å². The van der Waals surface area contributed by atoms with Gasteiger partial charge in [0.2, 0.25) is 6.29 Å². The number of rotatable bonds is 14. The number of hydrogen-bond acceptors (Lipinski definition) is 29. The maximum absolute atomic E-state index is 15.7. The number of esters is 1. The van der Waals surface area contributed by atoms with Gasteiger partial charge in [0.05, 0.1) is 51.3 Å². The molecule has 0 aromatic heterocycles. The van der Waals surface area contributed by atoms with Gasteiger partial charge < -0.3 is 139 Å². The Bertz CT molecular complexity index is 2670. The molecule has 0 spiro atoms. The van der Waals surface area contributed by atoms with Gasteiger partial charge in [-0.1, -0.05) is 60.1 Å². The van der Waals surface area contributed by atoms with Crippen molar-refractivity contribution in [1.82, 2.24) is 0 Å². The van der Waals surface area contributed by atoms with Gasteiger partial charge in [-0.05, 0) is 110 Å². The minimum atomic E-state index is -2.23. The van der Waals surface area contributed by atoms with E-state index < -0.39 is 238 Å². The van der Waals surface area contributed by atoms with Crippen LogP contribution in [0.5, 0.6) is 0 Å². The molecule has 0 bridgehead atoms. The van der Waals surface area contributed by atoms with Gasteiger partial charge in [0.25, 0.3) is 0 Å². The van der Waals surface area contributed by atoms with Gasteiger partial charge in [-0.25, -0.2) is 4.79 Å². The standard InChI is InChI=1S/C62H98O30/c1-24-42(87-50-40(74)43(29(66)21-82-50)88-49-38(72)34(68)27(64)19-81-49)44(89-54-47(76)61(80,22-63)23-84-54)41(75)52(85-24)91-46-35(69)28(65)20-83-53(46)92-55(79)62-16-15-56(2,3)17-26(62)25-9-10-31-58(6)13-12-33(86-51-39(73)36(70)37(71)45(90-51)48(77)78)57(4,5)30(58)11-14-59(31,7)60(25,8)18-32(62)67/h9,24,26-47,49-54,63-76,80H,10-23H2,1-8H3,(H,77,78)/t24-,26-,27+,28-,29+,30+,31-,32-,33-,34-,35-,36-,37-,38+,39+,40+,41+,42-,43-,44-,45-,46+,47-,49-,50-,51+,52-,53-,54-,58-,59+,60-,61+,62+/m0/s1. The molecule has 10 fully saturated rings. The third-order valence-corrected chi connectivity index (χ3v) is 24.1. The summed E-state index contributed by atoms with van der Waals surface area (Å²) in [6.45, 7) is 13.4. The predicted octanol–water partition coefficient (Wildman–Crippen LogP) is -3.74. The Morgan fingerprint density at radius 1 is 0.565 bits per heavy atom. The summed E-state index contributed by atoms with van der Waals surface area (Å²) in [6.07, 6.45) is -36.8. The molecule has 11 rings (SSSR count). The number of fused-ring (bicyclic) bond motifs is 7. The summed E-state index contributed by atoms with van der Waals surface area (Å²) in [7, 11) is 0. The summed E-state index contributed by atoms with van der Waals surface area (Å²) >= 11 is 0. The number of carboxylic acid groups (broad SMARTS) is 1. The van der Waals surface area contributed by atoms with E-state index in [1.165, 1.54) is 6.92 Å². The summed E-state index contributed by atoms with van der Waals surface area (Å²) in [5.74, 6) is -2.83. The fraction of sp³-hybridized carbons (Fsp3) is 0.935. The molecule has 11 aliphatic rings. The van der Waals surface area contributed by atoms with Crippen molar-refractivity contribution in [2.45, 2.75) is 279 Å². The summed E-state index contributed by atoms with van der Waals surface area (Å²) in [5.41, 5.74) is -5.07. The highest BCUT2D eigenvalue weighted by Crippen LogP contribution is 2.76. The second-order valence-corrected chi connectivity index (χ2v) is 30.4. The number of aliphatic hydroxyl groups excluding tert-OH is 14. The van der Waals surface area contributed by atoms with Crippen molar-refractivity contribution >= 4 is 11.9 Å². The summed E-state index contributed by atoms with van der Waals surface area (Å²) < 4.78 is 71.5. The fourth-order valence-corrected chi connectivity index (χ4v) is 18.4. The zero-order chi connectivity index (χ0) is 67.1. The molecule has 0 amide bonds. The number of carboxylic acids is 1. The molecule has 30 nitrogen and oxygen atoms in total. The smallest absolute Gasteiger partial charge is 0.335 e. The average molecular weight is 1320 g/mol. The highest BCUT2D eigenvalue weighted by atomic mass is 16.8. The van der Waals surface area contributed by atoms with Gasteiger partial charge in [-0.3, -0.25) is 4.79 Å². The second-order valence-electron chi connectivity index (χ2n) is 30.4. The van der Waals surface area contributed by atoms with E-state index in [0.29, 0.717) is 32.1 Å². The normalized spacial score (nSPS) is 54.2. The number of aliphatic carboxylic acids is 1. The SMILES string of the molecule is C[C@@H]1O[C@@H](O[C@H]2[C@H](OC(=O)[C@]34CCC(C)(C)C[C@H]3C3=CC[C@H]5[C@@]6(C)CC[C@H](O[C@@H]7O[C@H](C(=O)O)[C@@H](O)[C@H](O)[C@H]7O)C(C)(C)[C@H]6CC[C@@]5(C)[C@@]3(C)C[C@@H]4O)OC[C@H](O)[C@@H]2O)[C@H](O)[C@H](O[C@@H]2OC[C@](O)(CO)[C@H]2O)[C@H]1O[C@@H]1OC[C@@H](O)[C@H](O[C@@H]2OC[C@@H](O)[C@H](O)[C@H]2O)[C@H]1O. The lowest BCUT2D eigenvalue weighted by Crippen LogP contribution is -2.68. The number of carbonyl (C=O) groups is 2. The zero-order valence-electron chi connectivity index (χ0n) is 53.1. The largest absolute Gasteiger partial charge is 0.479 e. The highest BCUT2D eigenvalue weighted by Gasteiger charge is 2.72. The summed E-state index contributed by atoms with van der Waals surface area (Å²) in [6, 6.07) is 0. The zero-order valence-corrected chi connectivity index (χ0v) is 53.1. The van der Waals surface area contributed by atoms with Crippen LogP contribution in [0.15, 0.2) is 11.6 Å². The second kappa shape index (κ2) is 25.7. The lowest BCUT2D eigenvalue weighted by molar-refractivity contribution is -0.386. The topological polar surface area (TPSA) is 469 Å². The van der Waals surface area contributed by atoms with Crippen molar-refractivity contribution in [2.24, 2.45) is 50.2 Å². The summed E-state index contributed by atoms with van der Waals surface area (Å²) in [5, 5.41) is 175. The quantitative estimate of drug-likeness (QED) is 0.0451. The molecule has 16 N–H and O–H groups in total. The van der Waals surface area contributed by atoms with E-state index in [0.717, 1.165) is 18.4 Å². The van der Waals surface area contributed by atoms with E-state index in [9.17, 15) is 86.5 Å². The Labute approximate surface area is 532 Å². The van der Waals surface area contributed by atoms with E-state index in [1.54, 1.807) is 0 Å². The number of hydrogen-bond donors (Lipinski definition) is 16. The van der Waals surface area contributed by atoms with Crippen LogP contribution < -0.4 is 0 Å². The van der Waals surface area contributed by atoms with Crippen LogP contribution >= 0.6 is 0 Å². The van der Waals surface area contributed by atoms with Crippen LogP contribution in [-0.4, -0.2) is 292 Å². The van der Waals surface area contributed by atoms with Crippen LogP contribution in [0.2, 0.25) is 0 Å². The maximum atomic E-state index is 15.7. The molecule has 6 aliphatic heterocycles. The van der Waals surface area contributed by atoms with Crippen molar-refractivity contribution in [2.75, 3.05) is 33.0 Å². The lowest BCUT2D eigenvalue weighted by Gasteiger charge is -2.71. The Hall–Kier alpha value is -2.36. The van der Waals surface area contributed by atoms with Gasteiger partial charge >= 0.3 is 11.9 Å². The van der Waals surface area contributed by atoms with E-state index in [1.807, 2.05) is 0 Å². The Morgan fingerprint density at radius 2 is 1.15 bits per heavy atom. The average Bonchev–Trinajstić information content (AvgIpc) is 0.691. The van der Waals surface area contributed by atoms with E-state index in [-0.39, 0.29) is 35.5 Å². The first-order valence-corrected chi connectivity index (χ1v) is 32.4. The first-order chi connectivity index (χ1) is 43.0. The molecular formula is C62H98O30. The molecule has 6 saturated heterocycles. The van der Waals surface area contributed by atoms with Gasteiger partial charge in [0, 0.05) is 0 Å². The van der Waals surface area contributed by atoms with Crippen LogP contribution in [0, 0.1) is 50.2 Å². The number of aliphatic hydroxyl groups is 15. The molecular weight excluding hydrogens is 1220 g/mol. The van der Waals surface area contributed by atoms with Gasteiger partial charge in [-0.2, -0.15) is 0 Å². The highest BCUT2D eigenvalue weighted by molar-refractivity contribution is 5.80. The number of allylic oxidation sites excluding steroid dienone is 2. The molecule has 0 radical (unpaired) electrons. The Balaban J connectivity index is 0.831. The lowest BCUT2D eigenvalue weighted by atomic mass is 9.33. The third kappa shape index (κ3) is 11.7. The molecule has 0 aromatic carbocycles.